The van der Waals surface area contributed by atoms with Gasteiger partial charge in [-0.3, -0.25) is 4.79 Å². The Morgan fingerprint density at radius 1 is 0.771 bits per heavy atom. The summed E-state index contributed by atoms with van der Waals surface area (Å²) in [6.07, 6.45) is 19.3. The summed E-state index contributed by atoms with van der Waals surface area (Å²) in [6, 6.07) is 18.8. The molecule has 0 unspecified atom stereocenters. The van der Waals surface area contributed by atoms with Gasteiger partial charge in [-0.25, -0.2) is 0 Å². The van der Waals surface area contributed by atoms with Crippen LogP contribution in [0.25, 0.3) is 11.6 Å². The van der Waals surface area contributed by atoms with Gasteiger partial charge in [-0.05, 0) is 61.1 Å². The van der Waals surface area contributed by atoms with E-state index in [4.69, 9.17) is 0 Å². The quantitative estimate of drug-likeness (QED) is 0.265. The van der Waals surface area contributed by atoms with Crippen LogP contribution in [0.3, 0.4) is 0 Å². The Kier molecular flexibility index (Phi) is 14.1. The van der Waals surface area contributed by atoms with Crippen molar-refractivity contribution >= 4 is 17.4 Å². The zero-order chi connectivity index (χ0) is 25.3. The van der Waals surface area contributed by atoms with Crippen molar-refractivity contribution < 1.29 is 4.79 Å². The fourth-order valence-electron chi connectivity index (χ4n) is 4.56. The van der Waals surface area contributed by atoms with Gasteiger partial charge in [0.15, 0.2) is 5.78 Å². The van der Waals surface area contributed by atoms with Crippen molar-refractivity contribution in [2.24, 2.45) is 5.92 Å². The van der Waals surface area contributed by atoms with Gasteiger partial charge in [-0.1, -0.05) is 132 Å². The van der Waals surface area contributed by atoms with Crippen molar-refractivity contribution in [3.05, 3.63) is 82.9 Å². The molecule has 1 aliphatic rings. The maximum Gasteiger partial charge on any atom is 0.162 e. The molecule has 0 aromatic heterocycles. The SMILES string of the molecule is CCC/C=C(\c1ccc(C=C(CCC)CCC)cc1)C1CCC1.CCCCC(=O)c1ccccc1. The highest BCUT2D eigenvalue weighted by Crippen LogP contribution is 2.39. The van der Waals surface area contributed by atoms with E-state index in [2.05, 4.69) is 64.1 Å². The van der Waals surface area contributed by atoms with E-state index < -0.39 is 0 Å². The smallest absolute Gasteiger partial charge is 0.162 e. The molecule has 3 rings (SSSR count). The first-order valence-corrected chi connectivity index (χ1v) is 14.2. The predicted octanol–water partition coefficient (Wildman–Crippen LogP) is 10.7. The normalized spacial score (nSPS) is 13.4. The Morgan fingerprint density at radius 2 is 1.43 bits per heavy atom. The Bertz CT molecular complexity index is 889. The monoisotopic (exact) mass is 472 g/mol. The van der Waals surface area contributed by atoms with Gasteiger partial charge < -0.3 is 0 Å². The van der Waals surface area contributed by atoms with Crippen LogP contribution in [0.15, 0.2) is 66.2 Å². The number of rotatable bonds is 13. The van der Waals surface area contributed by atoms with Gasteiger partial charge in [0.1, 0.15) is 0 Å². The Balaban J connectivity index is 0.000000303. The van der Waals surface area contributed by atoms with Gasteiger partial charge in [0.25, 0.3) is 0 Å². The van der Waals surface area contributed by atoms with E-state index in [1.54, 1.807) is 11.1 Å². The largest absolute Gasteiger partial charge is 0.294 e. The van der Waals surface area contributed by atoms with Crippen LogP contribution in [0, 0.1) is 5.92 Å². The number of benzene rings is 2. The van der Waals surface area contributed by atoms with Crippen LogP contribution in [0.4, 0.5) is 0 Å². The highest BCUT2D eigenvalue weighted by molar-refractivity contribution is 5.95. The van der Waals surface area contributed by atoms with Crippen LogP contribution in [0.2, 0.25) is 0 Å². The minimum atomic E-state index is 0.262. The summed E-state index contributed by atoms with van der Waals surface area (Å²) >= 11 is 0. The van der Waals surface area contributed by atoms with Crippen LogP contribution in [0.5, 0.6) is 0 Å². The van der Waals surface area contributed by atoms with Gasteiger partial charge in [0, 0.05) is 12.0 Å². The number of allylic oxidation sites excluding steroid dienone is 3. The Labute approximate surface area is 215 Å². The molecule has 35 heavy (non-hydrogen) atoms. The molecule has 0 atom stereocenters. The average Bonchev–Trinajstić information content (AvgIpc) is 2.85. The number of hydrogen-bond acceptors (Lipinski definition) is 1. The lowest BCUT2D eigenvalue weighted by atomic mass is 9.76. The lowest BCUT2D eigenvalue weighted by molar-refractivity contribution is 0.0980. The Hall–Kier alpha value is -2.41. The van der Waals surface area contributed by atoms with Crippen LogP contribution >= 0.6 is 0 Å². The van der Waals surface area contributed by atoms with Crippen molar-refractivity contribution in [3.8, 4) is 0 Å². The van der Waals surface area contributed by atoms with Crippen LogP contribution < -0.4 is 0 Å². The first kappa shape index (κ1) is 28.8. The van der Waals surface area contributed by atoms with Gasteiger partial charge in [-0.15, -0.1) is 0 Å². The van der Waals surface area contributed by atoms with E-state index in [9.17, 15) is 4.79 Å². The molecule has 190 valence electrons. The van der Waals surface area contributed by atoms with Crippen molar-refractivity contribution in [1.29, 1.82) is 0 Å². The third kappa shape index (κ3) is 10.4. The van der Waals surface area contributed by atoms with Gasteiger partial charge in [0.05, 0.1) is 0 Å². The fourth-order valence-corrected chi connectivity index (χ4v) is 4.56. The second-order valence-corrected chi connectivity index (χ2v) is 9.89. The fraction of sp³-hybridized carbons (Fsp3) is 0.500. The zero-order valence-corrected chi connectivity index (χ0v) is 22.8. The van der Waals surface area contributed by atoms with Crippen LogP contribution in [0.1, 0.15) is 126 Å². The molecule has 1 aliphatic carbocycles. The summed E-state index contributed by atoms with van der Waals surface area (Å²) in [5.74, 6) is 1.08. The first-order chi connectivity index (χ1) is 17.1. The number of ketones is 1. The summed E-state index contributed by atoms with van der Waals surface area (Å²) in [6.45, 7) is 8.91. The number of carbonyl (C=O) groups is 1. The second kappa shape index (κ2) is 17.1. The standard InChI is InChI=1S/C23H34.C11H14O/c1-4-7-13-23(21-11-8-12-21)22-16-14-20(15-17-22)18-19(9-5-2)10-6-3;1-2-3-9-11(12)10-7-5-4-6-8-10/h13-18,21H,4-12H2,1-3H3;4-8H,2-3,9H2,1H3/b23-13-;. The predicted molar refractivity (Wildman–Crippen MR) is 155 cm³/mol. The lowest BCUT2D eigenvalue weighted by Crippen LogP contribution is -2.13. The third-order valence-corrected chi connectivity index (χ3v) is 6.81. The Morgan fingerprint density at radius 3 is 1.94 bits per heavy atom. The van der Waals surface area contributed by atoms with Gasteiger partial charge >= 0.3 is 0 Å². The maximum atomic E-state index is 11.4. The van der Waals surface area contributed by atoms with Crippen molar-refractivity contribution in [2.45, 2.75) is 105 Å². The lowest BCUT2D eigenvalue weighted by Gasteiger charge is -2.29. The van der Waals surface area contributed by atoms with E-state index in [1.165, 1.54) is 68.9 Å². The molecule has 0 radical (unpaired) electrons. The number of Topliss-reactive ketones (excluding diaryl/α,β-unsaturated/α-hetero) is 1. The molecule has 1 fully saturated rings. The molecule has 0 N–H and O–H groups in total. The highest BCUT2D eigenvalue weighted by Gasteiger charge is 2.22. The van der Waals surface area contributed by atoms with E-state index in [0.717, 1.165) is 24.3 Å². The third-order valence-electron chi connectivity index (χ3n) is 6.81. The summed E-state index contributed by atoms with van der Waals surface area (Å²) in [7, 11) is 0. The molecule has 1 saturated carbocycles. The maximum absolute atomic E-state index is 11.4. The van der Waals surface area contributed by atoms with E-state index >= 15 is 0 Å². The van der Waals surface area contributed by atoms with Crippen LogP contribution in [-0.2, 0) is 0 Å². The van der Waals surface area contributed by atoms with Crippen LogP contribution in [-0.4, -0.2) is 5.78 Å². The molecular formula is C34H48O. The van der Waals surface area contributed by atoms with Crippen molar-refractivity contribution in [1.82, 2.24) is 0 Å². The molecule has 1 nitrogen and oxygen atoms in total. The van der Waals surface area contributed by atoms with Gasteiger partial charge in [0.2, 0.25) is 0 Å². The molecule has 0 spiro atoms. The topological polar surface area (TPSA) is 17.1 Å². The molecule has 0 amide bonds. The number of unbranched alkanes of at least 4 members (excludes halogenated alkanes) is 2. The second-order valence-electron chi connectivity index (χ2n) is 9.89. The molecule has 2 aromatic carbocycles. The van der Waals surface area contributed by atoms with E-state index in [1.807, 2.05) is 30.3 Å². The molecule has 2 aromatic rings. The van der Waals surface area contributed by atoms with E-state index in [-0.39, 0.29) is 5.78 Å². The van der Waals surface area contributed by atoms with Crippen molar-refractivity contribution in [3.63, 3.8) is 0 Å². The van der Waals surface area contributed by atoms with Crippen molar-refractivity contribution in [2.75, 3.05) is 0 Å². The van der Waals surface area contributed by atoms with E-state index in [0.29, 0.717) is 6.42 Å². The highest BCUT2D eigenvalue weighted by atomic mass is 16.1. The molecule has 0 saturated heterocycles. The number of hydrogen-bond donors (Lipinski definition) is 0. The summed E-state index contributed by atoms with van der Waals surface area (Å²) in [5, 5.41) is 0. The summed E-state index contributed by atoms with van der Waals surface area (Å²) in [4.78, 5) is 11.4. The minimum Gasteiger partial charge on any atom is -0.294 e. The average molecular weight is 473 g/mol. The zero-order valence-electron chi connectivity index (χ0n) is 22.8. The summed E-state index contributed by atoms with van der Waals surface area (Å²) < 4.78 is 0. The minimum absolute atomic E-state index is 0.262. The first-order valence-electron chi connectivity index (χ1n) is 14.2. The molecular weight excluding hydrogens is 424 g/mol. The molecule has 1 heteroatoms. The molecule has 0 aliphatic heterocycles. The number of carbonyl (C=O) groups excluding carboxylic acids is 1. The molecule has 0 heterocycles. The summed E-state index contributed by atoms with van der Waals surface area (Å²) in [5.41, 5.74) is 6.87. The van der Waals surface area contributed by atoms with Gasteiger partial charge in [-0.2, -0.15) is 0 Å². The molecule has 0 bridgehead atoms.